The van der Waals surface area contributed by atoms with E-state index in [2.05, 4.69) is 23.7 Å². The molecule has 4 aromatic rings. The molecule has 0 spiro atoms. The molecule has 0 saturated carbocycles. The van der Waals surface area contributed by atoms with Crippen molar-refractivity contribution in [3.63, 3.8) is 0 Å². The van der Waals surface area contributed by atoms with Gasteiger partial charge in [0.05, 0.1) is 11.9 Å². The minimum absolute atomic E-state index is 0.133. The molecule has 0 fully saturated rings. The molecule has 0 aliphatic carbocycles. The maximum absolute atomic E-state index is 13.0. The molecule has 2 aromatic heterocycles. The summed E-state index contributed by atoms with van der Waals surface area (Å²) in [7, 11) is 0. The summed E-state index contributed by atoms with van der Waals surface area (Å²) in [6.07, 6.45) is -0.669. The smallest absolute Gasteiger partial charge is 0.260 e. The summed E-state index contributed by atoms with van der Waals surface area (Å²) < 4.78 is 5.68. The van der Waals surface area contributed by atoms with E-state index in [1.807, 2.05) is 66.9 Å². The van der Waals surface area contributed by atoms with Gasteiger partial charge in [-0.15, -0.1) is 11.3 Å². The minimum atomic E-state index is -0.669. The van der Waals surface area contributed by atoms with Crippen molar-refractivity contribution in [2.24, 2.45) is 0 Å². The Morgan fingerprint density at radius 2 is 1.82 bits per heavy atom. The molecule has 0 amide bonds. The zero-order valence-electron chi connectivity index (χ0n) is 19.1. The summed E-state index contributed by atoms with van der Waals surface area (Å²) >= 11 is 1.48. The Bertz CT molecular complexity index is 1270. The highest BCUT2D eigenvalue weighted by molar-refractivity contribution is 7.17. The monoisotopic (exact) mass is 463 g/mol. The Kier molecular flexibility index (Phi) is 7.23. The summed E-state index contributed by atoms with van der Waals surface area (Å²) in [6.45, 7) is 7.20. The number of nitrogens with one attached hydrogen (secondary N) is 1. The minimum Gasteiger partial charge on any atom is -0.491 e. The summed E-state index contributed by atoms with van der Waals surface area (Å²) in [6, 6.07) is 17.7. The van der Waals surface area contributed by atoms with Crippen LogP contribution in [0.2, 0.25) is 0 Å². The topological polar surface area (TPSA) is 78.5 Å². The van der Waals surface area contributed by atoms with E-state index in [0.29, 0.717) is 24.3 Å². The van der Waals surface area contributed by atoms with Crippen molar-refractivity contribution in [2.45, 2.75) is 39.5 Å². The predicted molar refractivity (Wildman–Crippen MR) is 134 cm³/mol. The van der Waals surface area contributed by atoms with Crippen LogP contribution in [0.1, 0.15) is 25.2 Å². The number of aromatic nitrogens is 2. The number of H-pyrrole nitrogens is 1. The molecular formula is C26H29N3O3S. The van der Waals surface area contributed by atoms with Gasteiger partial charge in [-0.3, -0.25) is 9.69 Å². The van der Waals surface area contributed by atoms with E-state index in [0.717, 1.165) is 27.3 Å². The number of aliphatic hydroxyl groups is 1. The number of ether oxygens (including phenoxy) is 1. The van der Waals surface area contributed by atoms with Crippen LogP contribution in [0, 0.1) is 6.92 Å². The molecule has 7 heteroatoms. The summed E-state index contributed by atoms with van der Waals surface area (Å²) in [5.41, 5.74) is 2.96. The summed E-state index contributed by atoms with van der Waals surface area (Å²) in [5, 5.41) is 13.2. The fraction of sp³-hybridized carbons (Fsp3) is 0.308. The van der Waals surface area contributed by atoms with Crippen molar-refractivity contribution in [3.05, 3.63) is 81.7 Å². The Morgan fingerprint density at radius 1 is 1.09 bits per heavy atom. The summed E-state index contributed by atoms with van der Waals surface area (Å²) in [4.78, 5) is 23.5. The third-order valence-electron chi connectivity index (χ3n) is 5.64. The number of hydrogen-bond acceptors (Lipinski definition) is 6. The second kappa shape index (κ2) is 10.3. The van der Waals surface area contributed by atoms with E-state index >= 15 is 0 Å². The van der Waals surface area contributed by atoms with E-state index in [4.69, 9.17) is 9.72 Å². The first-order chi connectivity index (χ1) is 15.9. The molecule has 2 aromatic carbocycles. The first-order valence-corrected chi connectivity index (χ1v) is 12.0. The largest absolute Gasteiger partial charge is 0.491 e. The molecule has 0 radical (unpaired) electrons. The van der Waals surface area contributed by atoms with Crippen molar-refractivity contribution in [1.29, 1.82) is 0 Å². The number of benzene rings is 2. The van der Waals surface area contributed by atoms with Gasteiger partial charge in [0.2, 0.25) is 0 Å². The van der Waals surface area contributed by atoms with Gasteiger partial charge in [-0.1, -0.05) is 42.5 Å². The number of fused-ring (bicyclic) bond motifs is 1. The van der Waals surface area contributed by atoms with Gasteiger partial charge in [0.25, 0.3) is 5.56 Å². The molecule has 172 valence electrons. The summed E-state index contributed by atoms with van der Waals surface area (Å²) in [5.74, 6) is 1.32. The Hall–Kier alpha value is -3.00. The van der Waals surface area contributed by atoms with Crippen LogP contribution < -0.4 is 10.3 Å². The van der Waals surface area contributed by atoms with Crippen LogP contribution in [0.5, 0.6) is 5.75 Å². The molecule has 2 N–H and O–H groups in total. The molecule has 2 heterocycles. The van der Waals surface area contributed by atoms with Crippen LogP contribution >= 0.6 is 11.3 Å². The highest BCUT2D eigenvalue weighted by atomic mass is 32.1. The van der Waals surface area contributed by atoms with Gasteiger partial charge in [-0.2, -0.15) is 0 Å². The first-order valence-electron chi connectivity index (χ1n) is 11.1. The lowest BCUT2D eigenvalue weighted by atomic mass is 10.0. The fourth-order valence-corrected chi connectivity index (χ4v) is 4.78. The van der Waals surface area contributed by atoms with E-state index in [-0.39, 0.29) is 18.2 Å². The maximum Gasteiger partial charge on any atom is 0.260 e. The zero-order chi connectivity index (χ0) is 23.4. The van der Waals surface area contributed by atoms with Crippen molar-refractivity contribution in [1.82, 2.24) is 14.9 Å². The third kappa shape index (κ3) is 5.50. The number of rotatable bonds is 9. The fourth-order valence-electron chi connectivity index (χ4n) is 3.82. The lowest BCUT2D eigenvalue weighted by Crippen LogP contribution is -2.40. The average molecular weight is 464 g/mol. The average Bonchev–Trinajstić information content (AvgIpc) is 3.22. The lowest BCUT2D eigenvalue weighted by molar-refractivity contribution is 0.0533. The Balaban J connectivity index is 1.50. The van der Waals surface area contributed by atoms with E-state index in [1.54, 1.807) is 0 Å². The standard InChI is InChI=1S/C26H29N3O3S/c1-17(2)29(13-19(30)15-32-20-10-5-4-6-11-20)14-23-27-25(31)24-22(16-33-26(24)28-23)21-12-8-7-9-18(21)3/h4-12,16-17,19,30H,13-15H2,1-3H3,(H,27,28,31). The number of para-hydroxylation sites is 1. The quantitative estimate of drug-likeness (QED) is 0.379. The van der Waals surface area contributed by atoms with Crippen molar-refractivity contribution < 1.29 is 9.84 Å². The number of nitrogens with zero attached hydrogens (tertiary/aromatic N) is 2. The van der Waals surface area contributed by atoms with Crippen LogP contribution in [0.15, 0.2) is 64.8 Å². The Labute approximate surface area is 197 Å². The lowest BCUT2D eigenvalue weighted by Gasteiger charge is -2.28. The van der Waals surface area contributed by atoms with Crippen LogP contribution in [0.25, 0.3) is 21.3 Å². The van der Waals surface area contributed by atoms with Gasteiger partial charge in [0, 0.05) is 23.5 Å². The molecule has 0 aliphatic heterocycles. The molecule has 1 unspecified atom stereocenters. The SMILES string of the molecule is Cc1ccccc1-c1csc2nc(CN(CC(O)COc3ccccc3)C(C)C)[nH]c(=O)c12. The molecular weight excluding hydrogens is 434 g/mol. The van der Waals surface area contributed by atoms with E-state index in [1.165, 1.54) is 11.3 Å². The van der Waals surface area contributed by atoms with Crippen LogP contribution in [0.4, 0.5) is 0 Å². The highest BCUT2D eigenvalue weighted by Gasteiger charge is 2.19. The van der Waals surface area contributed by atoms with Gasteiger partial charge in [-0.25, -0.2) is 4.98 Å². The molecule has 1 atom stereocenters. The molecule has 0 aliphatic rings. The van der Waals surface area contributed by atoms with Crippen molar-refractivity contribution in [2.75, 3.05) is 13.2 Å². The first kappa shape index (κ1) is 23.2. The van der Waals surface area contributed by atoms with Gasteiger partial charge < -0.3 is 14.8 Å². The van der Waals surface area contributed by atoms with Crippen molar-refractivity contribution in [3.8, 4) is 16.9 Å². The predicted octanol–water partition coefficient (Wildman–Crippen LogP) is 4.61. The van der Waals surface area contributed by atoms with Crippen LogP contribution in [-0.4, -0.2) is 45.3 Å². The van der Waals surface area contributed by atoms with Gasteiger partial charge in [0.15, 0.2) is 0 Å². The van der Waals surface area contributed by atoms with E-state index < -0.39 is 6.10 Å². The molecule has 0 bridgehead atoms. The molecule has 4 rings (SSSR count). The Morgan fingerprint density at radius 3 is 2.55 bits per heavy atom. The zero-order valence-corrected chi connectivity index (χ0v) is 19.9. The molecule has 6 nitrogen and oxygen atoms in total. The second-order valence-electron chi connectivity index (χ2n) is 8.46. The third-order valence-corrected chi connectivity index (χ3v) is 6.51. The number of aliphatic hydroxyl groups excluding tert-OH is 1. The van der Waals surface area contributed by atoms with Crippen LogP contribution in [0.3, 0.4) is 0 Å². The maximum atomic E-state index is 13.0. The normalized spacial score (nSPS) is 12.5. The molecule has 0 saturated heterocycles. The highest BCUT2D eigenvalue weighted by Crippen LogP contribution is 2.32. The van der Waals surface area contributed by atoms with Crippen molar-refractivity contribution >= 4 is 21.6 Å². The van der Waals surface area contributed by atoms with Gasteiger partial charge in [0.1, 0.15) is 29.1 Å². The van der Waals surface area contributed by atoms with E-state index in [9.17, 15) is 9.90 Å². The number of aryl methyl sites for hydroxylation is 1. The number of hydrogen-bond donors (Lipinski definition) is 2. The van der Waals surface area contributed by atoms with Gasteiger partial charge >= 0.3 is 0 Å². The number of aromatic amines is 1. The van der Waals surface area contributed by atoms with Crippen LogP contribution in [-0.2, 0) is 6.54 Å². The van der Waals surface area contributed by atoms with Gasteiger partial charge in [-0.05, 0) is 44.0 Å². The number of thiophene rings is 1. The second-order valence-corrected chi connectivity index (χ2v) is 9.32. The molecule has 33 heavy (non-hydrogen) atoms.